The standard InChI is InChI=1S/C11H24OSi/c1-6-7-8-9-10-12-13(4,5)11(2)3/h6-7,11H,8-10H2,1-5H3/b7-6+. The van der Waals surface area contributed by atoms with Crippen molar-refractivity contribution in [1.82, 2.24) is 0 Å². The first-order valence-electron chi connectivity index (χ1n) is 5.26. The largest absolute Gasteiger partial charge is 0.417 e. The Morgan fingerprint density at radius 2 is 1.92 bits per heavy atom. The number of rotatable bonds is 6. The zero-order valence-electron chi connectivity index (χ0n) is 9.76. The van der Waals surface area contributed by atoms with Crippen molar-refractivity contribution >= 4 is 8.32 Å². The van der Waals surface area contributed by atoms with Gasteiger partial charge in [0.05, 0.1) is 0 Å². The van der Waals surface area contributed by atoms with Crippen LogP contribution in [-0.4, -0.2) is 14.9 Å². The summed E-state index contributed by atoms with van der Waals surface area (Å²) in [4.78, 5) is 0. The van der Waals surface area contributed by atoms with Gasteiger partial charge in [0.15, 0.2) is 8.32 Å². The highest BCUT2D eigenvalue weighted by Crippen LogP contribution is 2.21. The Labute approximate surface area is 84.3 Å². The van der Waals surface area contributed by atoms with Crippen LogP contribution in [0.25, 0.3) is 0 Å². The number of unbranched alkanes of at least 4 members (excludes halogenated alkanes) is 1. The molecule has 0 aromatic carbocycles. The average Bonchev–Trinajstić information content (AvgIpc) is 2.03. The molecule has 0 bridgehead atoms. The summed E-state index contributed by atoms with van der Waals surface area (Å²) in [6.07, 6.45) is 6.62. The van der Waals surface area contributed by atoms with E-state index in [1.807, 2.05) is 0 Å². The second-order valence-electron chi connectivity index (χ2n) is 4.32. The molecule has 0 fully saturated rings. The predicted molar refractivity (Wildman–Crippen MR) is 62.6 cm³/mol. The summed E-state index contributed by atoms with van der Waals surface area (Å²) in [6.45, 7) is 12.1. The molecular formula is C11H24OSi. The van der Waals surface area contributed by atoms with Crippen molar-refractivity contribution < 1.29 is 4.43 Å². The van der Waals surface area contributed by atoms with Crippen molar-refractivity contribution in [2.45, 2.75) is 52.2 Å². The number of hydrogen-bond acceptors (Lipinski definition) is 1. The first-order valence-corrected chi connectivity index (χ1v) is 8.24. The van der Waals surface area contributed by atoms with Gasteiger partial charge in [0.1, 0.15) is 0 Å². The van der Waals surface area contributed by atoms with Crippen LogP contribution in [0.2, 0.25) is 18.6 Å². The normalized spacial score (nSPS) is 13.1. The summed E-state index contributed by atoms with van der Waals surface area (Å²) in [7, 11) is -1.36. The van der Waals surface area contributed by atoms with Gasteiger partial charge in [-0.25, -0.2) is 0 Å². The zero-order valence-corrected chi connectivity index (χ0v) is 10.8. The summed E-state index contributed by atoms with van der Waals surface area (Å²) in [6, 6.07) is 0. The lowest BCUT2D eigenvalue weighted by atomic mass is 10.3. The Morgan fingerprint density at radius 1 is 1.31 bits per heavy atom. The minimum Gasteiger partial charge on any atom is -0.417 e. The van der Waals surface area contributed by atoms with Crippen LogP contribution in [-0.2, 0) is 4.43 Å². The van der Waals surface area contributed by atoms with Gasteiger partial charge in [0, 0.05) is 6.61 Å². The van der Waals surface area contributed by atoms with Gasteiger partial charge >= 0.3 is 0 Å². The molecule has 2 heteroatoms. The molecule has 0 aliphatic carbocycles. The first-order chi connectivity index (χ1) is 6.00. The van der Waals surface area contributed by atoms with Crippen molar-refractivity contribution in [2.75, 3.05) is 6.61 Å². The summed E-state index contributed by atoms with van der Waals surface area (Å²) in [5.74, 6) is 0. The minimum absolute atomic E-state index is 0.717. The molecule has 0 spiro atoms. The average molecular weight is 200 g/mol. The molecule has 13 heavy (non-hydrogen) atoms. The lowest BCUT2D eigenvalue weighted by Crippen LogP contribution is -2.34. The number of allylic oxidation sites excluding steroid dienone is 2. The molecule has 0 unspecified atom stereocenters. The van der Waals surface area contributed by atoms with Gasteiger partial charge in [-0.15, -0.1) is 0 Å². The van der Waals surface area contributed by atoms with E-state index in [0.29, 0.717) is 5.54 Å². The maximum absolute atomic E-state index is 5.94. The Kier molecular flexibility index (Phi) is 6.34. The van der Waals surface area contributed by atoms with Gasteiger partial charge in [0.25, 0.3) is 0 Å². The molecule has 0 rings (SSSR count). The molecule has 0 amide bonds. The summed E-state index contributed by atoms with van der Waals surface area (Å²) in [5, 5.41) is 0. The fourth-order valence-electron chi connectivity index (χ4n) is 0.870. The second-order valence-corrected chi connectivity index (χ2v) is 8.97. The van der Waals surface area contributed by atoms with E-state index in [1.165, 1.54) is 0 Å². The van der Waals surface area contributed by atoms with Crippen molar-refractivity contribution in [1.29, 1.82) is 0 Å². The van der Waals surface area contributed by atoms with Crippen LogP contribution >= 0.6 is 0 Å². The van der Waals surface area contributed by atoms with Crippen LogP contribution in [0.5, 0.6) is 0 Å². The topological polar surface area (TPSA) is 9.23 Å². The third-order valence-corrected chi connectivity index (χ3v) is 6.34. The predicted octanol–water partition coefficient (Wildman–Crippen LogP) is 3.97. The van der Waals surface area contributed by atoms with E-state index in [0.717, 1.165) is 19.4 Å². The molecule has 0 heterocycles. The molecule has 1 nitrogen and oxygen atoms in total. The molecule has 0 atom stereocenters. The van der Waals surface area contributed by atoms with E-state index in [1.54, 1.807) is 0 Å². The molecular weight excluding hydrogens is 176 g/mol. The maximum atomic E-state index is 5.94. The van der Waals surface area contributed by atoms with E-state index >= 15 is 0 Å². The van der Waals surface area contributed by atoms with Crippen molar-refractivity contribution in [3.63, 3.8) is 0 Å². The van der Waals surface area contributed by atoms with Crippen LogP contribution in [0, 0.1) is 0 Å². The molecule has 0 radical (unpaired) electrons. The Hall–Kier alpha value is -0.0831. The Bertz CT molecular complexity index is 150. The summed E-state index contributed by atoms with van der Waals surface area (Å²) in [5.41, 5.74) is 0.717. The lowest BCUT2D eigenvalue weighted by Gasteiger charge is -2.26. The molecule has 78 valence electrons. The van der Waals surface area contributed by atoms with Crippen molar-refractivity contribution in [2.24, 2.45) is 0 Å². The monoisotopic (exact) mass is 200 g/mol. The molecule has 0 aliphatic rings. The fourth-order valence-corrected chi connectivity index (χ4v) is 1.87. The third kappa shape index (κ3) is 6.05. The molecule has 0 aromatic heterocycles. The summed E-state index contributed by atoms with van der Waals surface area (Å²) >= 11 is 0. The van der Waals surface area contributed by atoms with Crippen LogP contribution in [0.3, 0.4) is 0 Å². The molecule has 0 N–H and O–H groups in total. The van der Waals surface area contributed by atoms with Crippen LogP contribution in [0.1, 0.15) is 33.6 Å². The van der Waals surface area contributed by atoms with E-state index in [2.05, 4.69) is 46.0 Å². The minimum atomic E-state index is -1.36. The Morgan fingerprint density at radius 3 is 2.38 bits per heavy atom. The fraction of sp³-hybridized carbons (Fsp3) is 0.818. The Balaban J connectivity index is 3.52. The van der Waals surface area contributed by atoms with Gasteiger partial charge in [-0.05, 0) is 38.4 Å². The van der Waals surface area contributed by atoms with E-state index in [4.69, 9.17) is 4.43 Å². The summed E-state index contributed by atoms with van der Waals surface area (Å²) < 4.78 is 5.94. The van der Waals surface area contributed by atoms with Crippen LogP contribution in [0.15, 0.2) is 12.2 Å². The zero-order chi connectivity index (χ0) is 10.3. The second kappa shape index (κ2) is 6.38. The number of hydrogen-bond donors (Lipinski definition) is 0. The van der Waals surface area contributed by atoms with Gasteiger partial charge in [-0.3, -0.25) is 0 Å². The van der Waals surface area contributed by atoms with Crippen LogP contribution in [0.4, 0.5) is 0 Å². The quantitative estimate of drug-likeness (QED) is 0.358. The van der Waals surface area contributed by atoms with Crippen LogP contribution < -0.4 is 0 Å². The highest BCUT2D eigenvalue weighted by molar-refractivity contribution is 6.72. The highest BCUT2D eigenvalue weighted by Gasteiger charge is 2.26. The van der Waals surface area contributed by atoms with Gasteiger partial charge in [-0.1, -0.05) is 26.0 Å². The van der Waals surface area contributed by atoms with E-state index in [9.17, 15) is 0 Å². The maximum Gasteiger partial charge on any atom is 0.189 e. The van der Waals surface area contributed by atoms with Crippen molar-refractivity contribution in [3.8, 4) is 0 Å². The smallest absolute Gasteiger partial charge is 0.189 e. The molecule has 0 saturated heterocycles. The molecule has 0 aliphatic heterocycles. The van der Waals surface area contributed by atoms with Crippen molar-refractivity contribution in [3.05, 3.63) is 12.2 Å². The molecule has 0 saturated carbocycles. The molecule has 0 aromatic rings. The van der Waals surface area contributed by atoms with Gasteiger partial charge < -0.3 is 4.43 Å². The first kappa shape index (κ1) is 12.9. The van der Waals surface area contributed by atoms with E-state index in [-0.39, 0.29) is 0 Å². The van der Waals surface area contributed by atoms with Gasteiger partial charge in [-0.2, -0.15) is 0 Å². The van der Waals surface area contributed by atoms with E-state index < -0.39 is 8.32 Å². The lowest BCUT2D eigenvalue weighted by molar-refractivity contribution is 0.296. The highest BCUT2D eigenvalue weighted by atomic mass is 28.4. The third-order valence-electron chi connectivity index (χ3n) is 2.62. The SMILES string of the molecule is C/C=C/CCCO[Si](C)(C)C(C)C. The van der Waals surface area contributed by atoms with Gasteiger partial charge in [0.2, 0.25) is 0 Å².